The van der Waals surface area contributed by atoms with E-state index in [2.05, 4.69) is 31.4 Å². The van der Waals surface area contributed by atoms with Gasteiger partial charge in [-0.05, 0) is 6.92 Å². The van der Waals surface area contributed by atoms with Crippen LogP contribution in [0.2, 0.25) is 0 Å². The molecule has 0 bridgehead atoms. The maximum Gasteiger partial charge on any atom is 0.211 e. The monoisotopic (exact) mass is 238 g/mol. The summed E-state index contributed by atoms with van der Waals surface area (Å²) in [5.41, 5.74) is 0. The van der Waals surface area contributed by atoms with Crippen LogP contribution in [0, 0.1) is 0 Å². The Kier molecular flexibility index (Phi) is 2.47. The van der Waals surface area contributed by atoms with Crippen LogP contribution >= 0.6 is 22.9 Å². The van der Waals surface area contributed by atoms with Crippen molar-refractivity contribution in [3.63, 3.8) is 0 Å². The average Bonchev–Trinajstić information content (AvgIpc) is 2.37. The summed E-state index contributed by atoms with van der Waals surface area (Å²) in [6, 6.07) is 0.195. The van der Waals surface area contributed by atoms with Gasteiger partial charge in [0, 0.05) is 22.9 Å². The zero-order valence-corrected chi connectivity index (χ0v) is 7.12. The van der Waals surface area contributed by atoms with Crippen LogP contribution in [-0.2, 0) is 0 Å². The highest BCUT2D eigenvalue weighted by molar-refractivity contribution is 14.1. The molecular formula is C5H7IN2O. The van der Waals surface area contributed by atoms with E-state index < -0.39 is 0 Å². The van der Waals surface area contributed by atoms with Gasteiger partial charge in [-0.3, -0.25) is 0 Å². The lowest BCUT2D eigenvalue weighted by atomic mass is 10.4. The number of rotatable bonds is 2. The molecule has 1 N–H and O–H groups in total. The van der Waals surface area contributed by atoms with E-state index in [-0.39, 0.29) is 6.04 Å². The first kappa shape index (κ1) is 7.01. The quantitative estimate of drug-likeness (QED) is 0.629. The van der Waals surface area contributed by atoms with Crippen molar-refractivity contribution in [2.45, 2.75) is 13.0 Å². The van der Waals surface area contributed by atoms with Crippen LogP contribution in [0.5, 0.6) is 0 Å². The van der Waals surface area contributed by atoms with Crippen LogP contribution in [0.1, 0.15) is 18.9 Å². The fraction of sp³-hybridized carbons (Fsp3) is 0.400. The molecule has 1 aromatic heterocycles. The second kappa shape index (κ2) is 3.17. The third-order valence-corrected chi connectivity index (χ3v) is 1.92. The molecular weight excluding hydrogens is 231 g/mol. The fourth-order valence-electron chi connectivity index (χ4n) is 0.495. The van der Waals surface area contributed by atoms with Gasteiger partial charge in [0.1, 0.15) is 6.26 Å². The Hall–Kier alpha value is -0.100. The van der Waals surface area contributed by atoms with E-state index in [0.29, 0.717) is 0 Å². The minimum Gasteiger partial charge on any atom is -0.447 e. The van der Waals surface area contributed by atoms with Crippen LogP contribution < -0.4 is 3.53 Å². The van der Waals surface area contributed by atoms with E-state index in [1.807, 2.05) is 6.92 Å². The fourth-order valence-corrected chi connectivity index (χ4v) is 0.761. The Bertz CT molecular complexity index is 163. The van der Waals surface area contributed by atoms with E-state index in [1.54, 1.807) is 12.5 Å². The maximum absolute atomic E-state index is 5.01. The second-order valence-electron chi connectivity index (χ2n) is 1.70. The number of nitrogens with one attached hydrogen (secondary N) is 1. The molecule has 3 nitrogen and oxygen atoms in total. The SMILES string of the molecule is C[C@H](NI)c1ncco1. The van der Waals surface area contributed by atoms with Crippen molar-refractivity contribution >= 4 is 22.9 Å². The van der Waals surface area contributed by atoms with Crippen LogP contribution in [0.3, 0.4) is 0 Å². The second-order valence-corrected chi connectivity index (χ2v) is 2.32. The van der Waals surface area contributed by atoms with Crippen LogP contribution in [0.25, 0.3) is 0 Å². The summed E-state index contributed by atoms with van der Waals surface area (Å²) in [6.07, 6.45) is 3.21. The van der Waals surface area contributed by atoms with E-state index in [9.17, 15) is 0 Å². The number of hydrogen-bond acceptors (Lipinski definition) is 3. The van der Waals surface area contributed by atoms with Gasteiger partial charge < -0.3 is 4.42 Å². The first-order valence-corrected chi connectivity index (χ1v) is 3.68. The highest BCUT2D eigenvalue weighted by Gasteiger charge is 2.05. The third-order valence-electron chi connectivity index (χ3n) is 0.986. The molecule has 0 fully saturated rings. The van der Waals surface area contributed by atoms with Crippen molar-refractivity contribution in [1.82, 2.24) is 8.51 Å². The van der Waals surface area contributed by atoms with Gasteiger partial charge in [0.15, 0.2) is 0 Å². The molecule has 0 saturated heterocycles. The normalized spacial score (nSPS) is 13.6. The van der Waals surface area contributed by atoms with Gasteiger partial charge in [0.25, 0.3) is 0 Å². The Balaban J connectivity index is 2.65. The average molecular weight is 238 g/mol. The maximum atomic E-state index is 5.01. The number of nitrogens with zero attached hydrogens (tertiary/aromatic N) is 1. The summed E-state index contributed by atoms with van der Waals surface area (Å²) in [5.74, 6) is 0.726. The first-order valence-electron chi connectivity index (χ1n) is 2.60. The van der Waals surface area contributed by atoms with Gasteiger partial charge in [0.2, 0.25) is 5.89 Å². The number of hydrogen-bond donors (Lipinski definition) is 1. The number of oxazole rings is 1. The van der Waals surface area contributed by atoms with Crippen molar-refractivity contribution in [1.29, 1.82) is 0 Å². The first-order chi connectivity index (χ1) is 4.34. The van der Waals surface area contributed by atoms with Crippen molar-refractivity contribution in [2.75, 3.05) is 0 Å². The molecule has 0 aliphatic heterocycles. The zero-order valence-electron chi connectivity index (χ0n) is 4.97. The molecule has 1 heterocycles. The molecule has 0 aromatic carbocycles. The predicted octanol–water partition coefficient (Wildman–Crippen LogP) is 1.68. The predicted molar refractivity (Wildman–Crippen MR) is 42.1 cm³/mol. The van der Waals surface area contributed by atoms with Crippen LogP contribution in [0.15, 0.2) is 16.9 Å². The minimum atomic E-state index is 0.195. The molecule has 4 heteroatoms. The summed E-state index contributed by atoms with van der Waals surface area (Å²) in [7, 11) is 0. The Morgan fingerprint density at radius 2 is 2.67 bits per heavy atom. The molecule has 50 valence electrons. The highest BCUT2D eigenvalue weighted by Crippen LogP contribution is 2.08. The van der Waals surface area contributed by atoms with E-state index in [1.165, 1.54) is 0 Å². The van der Waals surface area contributed by atoms with E-state index in [4.69, 9.17) is 4.42 Å². The summed E-state index contributed by atoms with van der Waals surface area (Å²) >= 11 is 2.06. The highest BCUT2D eigenvalue weighted by atomic mass is 127. The Labute approximate surface area is 67.3 Å². The standard InChI is InChI=1S/C5H7IN2O/c1-4(8-6)5-7-2-3-9-5/h2-4,8H,1H3/t4-/m0/s1. The van der Waals surface area contributed by atoms with Crippen molar-refractivity contribution in [3.05, 3.63) is 18.4 Å². The smallest absolute Gasteiger partial charge is 0.211 e. The minimum absolute atomic E-state index is 0.195. The molecule has 0 saturated carbocycles. The molecule has 1 atom stereocenters. The van der Waals surface area contributed by atoms with Crippen molar-refractivity contribution in [3.8, 4) is 0 Å². The van der Waals surface area contributed by atoms with Gasteiger partial charge in [0.05, 0.1) is 12.2 Å². The molecule has 0 aliphatic rings. The summed E-state index contributed by atoms with van der Waals surface area (Å²) < 4.78 is 7.99. The summed E-state index contributed by atoms with van der Waals surface area (Å²) in [4.78, 5) is 3.95. The topological polar surface area (TPSA) is 38.1 Å². The molecule has 1 rings (SSSR count). The summed E-state index contributed by atoms with van der Waals surface area (Å²) in [6.45, 7) is 1.98. The molecule has 0 aliphatic carbocycles. The molecule has 0 spiro atoms. The van der Waals surface area contributed by atoms with Gasteiger partial charge in [-0.25, -0.2) is 8.51 Å². The number of halogens is 1. The lowest BCUT2D eigenvalue weighted by Crippen LogP contribution is -2.05. The molecule has 0 unspecified atom stereocenters. The van der Waals surface area contributed by atoms with Crippen LogP contribution in [-0.4, -0.2) is 4.98 Å². The van der Waals surface area contributed by atoms with Crippen molar-refractivity contribution < 1.29 is 4.42 Å². The molecule has 0 amide bonds. The summed E-state index contributed by atoms with van der Waals surface area (Å²) in [5, 5.41) is 0. The molecule has 1 aromatic rings. The van der Waals surface area contributed by atoms with E-state index >= 15 is 0 Å². The van der Waals surface area contributed by atoms with Gasteiger partial charge in [-0.2, -0.15) is 0 Å². The lowest BCUT2D eigenvalue weighted by molar-refractivity contribution is 0.457. The van der Waals surface area contributed by atoms with Gasteiger partial charge in [-0.1, -0.05) is 0 Å². The lowest BCUT2D eigenvalue weighted by Gasteiger charge is -2.00. The van der Waals surface area contributed by atoms with Crippen LogP contribution in [0.4, 0.5) is 0 Å². The van der Waals surface area contributed by atoms with Crippen molar-refractivity contribution in [2.24, 2.45) is 0 Å². The van der Waals surface area contributed by atoms with E-state index in [0.717, 1.165) is 5.89 Å². The van der Waals surface area contributed by atoms with Gasteiger partial charge in [-0.15, -0.1) is 0 Å². The zero-order chi connectivity index (χ0) is 6.69. The number of aromatic nitrogens is 1. The van der Waals surface area contributed by atoms with Gasteiger partial charge >= 0.3 is 0 Å². The Morgan fingerprint density at radius 3 is 3.11 bits per heavy atom. The molecule has 9 heavy (non-hydrogen) atoms. The Morgan fingerprint density at radius 1 is 1.89 bits per heavy atom. The largest absolute Gasteiger partial charge is 0.447 e. The molecule has 0 radical (unpaired) electrons. The third kappa shape index (κ3) is 1.65.